The van der Waals surface area contributed by atoms with Gasteiger partial charge in [0.1, 0.15) is 6.07 Å². The lowest BCUT2D eigenvalue weighted by atomic mass is 10.2. The van der Waals surface area contributed by atoms with Crippen LogP contribution in [-0.2, 0) is 4.79 Å². The summed E-state index contributed by atoms with van der Waals surface area (Å²) in [7, 11) is 0. The molecule has 0 radical (unpaired) electrons. The maximum atomic E-state index is 11.6. The third-order valence-electron chi connectivity index (χ3n) is 2.77. The predicted octanol–water partition coefficient (Wildman–Crippen LogP) is 1.25. The van der Waals surface area contributed by atoms with Crippen LogP contribution in [0.4, 0.5) is 11.5 Å². The number of nitrogens with two attached hydrogens (primary N) is 1. The smallest absolute Gasteiger partial charge is 0.221 e. The number of rotatable bonds is 6. The molecule has 0 aromatic carbocycles. The number of nitrogen functional groups attached to an aromatic ring is 1. The molecule has 0 aliphatic heterocycles. The van der Waals surface area contributed by atoms with Crippen molar-refractivity contribution in [3.8, 4) is 6.07 Å². The van der Waals surface area contributed by atoms with Crippen molar-refractivity contribution in [2.45, 2.75) is 32.7 Å². The lowest BCUT2D eigenvalue weighted by Crippen LogP contribution is -2.33. The number of amides is 1. The van der Waals surface area contributed by atoms with Gasteiger partial charge < -0.3 is 16.4 Å². The van der Waals surface area contributed by atoms with Crippen LogP contribution in [0.25, 0.3) is 0 Å². The first-order valence-corrected chi connectivity index (χ1v) is 6.26. The zero-order valence-electron chi connectivity index (χ0n) is 11.2. The standard InChI is InChI=1S/C13H19N5O/c1-3-9(2)18-11(19)5-7-17-13-12(15)10(8-14)4-6-16-13/h4,6,9H,3,5,7,15H2,1-2H3,(H,16,17)(H,18,19). The number of aromatic nitrogens is 1. The number of hydrogen-bond acceptors (Lipinski definition) is 5. The number of carbonyl (C=O) groups excluding carboxylic acids is 1. The van der Waals surface area contributed by atoms with Crippen LogP contribution in [-0.4, -0.2) is 23.5 Å². The molecule has 6 nitrogen and oxygen atoms in total. The maximum Gasteiger partial charge on any atom is 0.221 e. The van der Waals surface area contributed by atoms with Gasteiger partial charge in [-0.1, -0.05) is 6.92 Å². The number of nitrogens with zero attached hydrogens (tertiary/aromatic N) is 2. The van der Waals surface area contributed by atoms with Crippen LogP contribution in [0.2, 0.25) is 0 Å². The Kier molecular flexibility index (Phi) is 5.61. The van der Waals surface area contributed by atoms with E-state index in [9.17, 15) is 4.79 Å². The quantitative estimate of drug-likeness (QED) is 0.715. The van der Waals surface area contributed by atoms with Crippen LogP contribution in [0.15, 0.2) is 12.3 Å². The molecule has 0 saturated carbocycles. The zero-order valence-corrected chi connectivity index (χ0v) is 11.2. The Morgan fingerprint density at radius 3 is 3.00 bits per heavy atom. The zero-order chi connectivity index (χ0) is 14.3. The SMILES string of the molecule is CCC(C)NC(=O)CCNc1nccc(C#N)c1N. The molecule has 0 spiro atoms. The highest BCUT2D eigenvalue weighted by Gasteiger charge is 2.08. The van der Waals surface area contributed by atoms with Crippen molar-refractivity contribution in [2.24, 2.45) is 0 Å². The Bertz CT molecular complexity index is 480. The normalized spacial score (nSPS) is 11.4. The minimum absolute atomic E-state index is 0.0168. The Labute approximate surface area is 113 Å². The largest absolute Gasteiger partial charge is 0.395 e. The van der Waals surface area contributed by atoms with E-state index < -0.39 is 0 Å². The Hall–Kier alpha value is -2.29. The van der Waals surface area contributed by atoms with Crippen molar-refractivity contribution < 1.29 is 4.79 Å². The molecule has 0 aliphatic carbocycles. The fourth-order valence-corrected chi connectivity index (χ4v) is 1.46. The lowest BCUT2D eigenvalue weighted by Gasteiger charge is -2.12. The van der Waals surface area contributed by atoms with Crippen LogP contribution in [0.3, 0.4) is 0 Å². The van der Waals surface area contributed by atoms with Gasteiger partial charge in [-0.05, 0) is 19.4 Å². The van der Waals surface area contributed by atoms with Crippen molar-refractivity contribution in [2.75, 3.05) is 17.6 Å². The van der Waals surface area contributed by atoms with E-state index in [2.05, 4.69) is 15.6 Å². The molecule has 1 amide bonds. The molecule has 1 aromatic rings. The number of carbonyl (C=O) groups is 1. The Morgan fingerprint density at radius 2 is 2.37 bits per heavy atom. The predicted molar refractivity (Wildman–Crippen MR) is 74.4 cm³/mol. The van der Waals surface area contributed by atoms with E-state index in [1.165, 1.54) is 6.20 Å². The van der Waals surface area contributed by atoms with E-state index in [0.29, 0.717) is 30.0 Å². The summed E-state index contributed by atoms with van der Waals surface area (Å²) >= 11 is 0. The minimum Gasteiger partial charge on any atom is -0.395 e. The van der Waals surface area contributed by atoms with Gasteiger partial charge in [-0.2, -0.15) is 5.26 Å². The topological polar surface area (TPSA) is 104 Å². The molecule has 0 fully saturated rings. The molecule has 19 heavy (non-hydrogen) atoms. The van der Waals surface area contributed by atoms with Gasteiger partial charge in [0, 0.05) is 25.2 Å². The van der Waals surface area contributed by atoms with E-state index in [1.807, 2.05) is 19.9 Å². The van der Waals surface area contributed by atoms with E-state index in [4.69, 9.17) is 11.0 Å². The molecule has 0 bridgehead atoms. The highest BCUT2D eigenvalue weighted by Crippen LogP contribution is 2.18. The molecule has 0 aliphatic rings. The molecular formula is C13H19N5O. The van der Waals surface area contributed by atoms with Gasteiger partial charge in [-0.15, -0.1) is 0 Å². The van der Waals surface area contributed by atoms with E-state index >= 15 is 0 Å². The number of pyridine rings is 1. The summed E-state index contributed by atoms with van der Waals surface area (Å²) in [5, 5.41) is 14.7. The van der Waals surface area contributed by atoms with Crippen molar-refractivity contribution >= 4 is 17.4 Å². The highest BCUT2D eigenvalue weighted by atomic mass is 16.1. The molecule has 1 heterocycles. The fraction of sp³-hybridized carbons (Fsp3) is 0.462. The van der Waals surface area contributed by atoms with Gasteiger partial charge >= 0.3 is 0 Å². The van der Waals surface area contributed by atoms with Crippen LogP contribution >= 0.6 is 0 Å². The van der Waals surface area contributed by atoms with Crippen molar-refractivity contribution in [3.63, 3.8) is 0 Å². The lowest BCUT2D eigenvalue weighted by molar-refractivity contribution is -0.121. The third-order valence-corrected chi connectivity index (χ3v) is 2.77. The molecule has 1 atom stereocenters. The fourth-order valence-electron chi connectivity index (χ4n) is 1.46. The summed E-state index contributed by atoms with van der Waals surface area (Å²) in [6, 6.07) is 3.71. The molecule has 0 saturated heterocycles. The second-order valence-electron chi connectivity index (χ2n) is 4.29. The second-order valence-corrected chi connectivity index (χ2v) is 4.29. The van der Waals surface area contributed by atoms with Crippen molar-refractivity contribution in [1.82, 2.24) is 10.3 Å². The molecule has 102 valence electrons. The number of anilines is 2. The maximum absolute atomic E-state index is 11.6. The number of nitriles is 1. The van der Waals surface area contributed by atoms with Gasteiger partial charge in [-0.3, -0.25) is 4.79 Å². The third kappa shape index (κ3) is 4.47. The van der Waals surface area contributed by atoms with Gasteiger partial charge in [-0.25, -0.2) is 4.98 Å². The molecule has 6 heteroatoms. The molecule has 1 unspecified atom stereocenters. The summed E-state index contributed by atoms with van der Waals surface area (Å²) in [4.78, 5) is 15.6. The van der Waals surface area contributed by atoms with E-state index in [-0.39, 0.29) is 11.9 Å². The Balaban J connectivity index is 2.46. The summed E-state index contributed by atoms with van der Waals surface area (Å²) in [6.07, 6.45) is 2.75. The second kappa shape index (κ2) is 7.21. The number of hydrogen-bond donors (Lipinski definition) is 3. The van der Waals surface area contributed by atoms with Gasteiger partial charge in [0.05, 0.1) is 11.3 Å². The average Bonchev–Trinajstić information content (AvgIpc) is 2.40. The molecule has 4 N–H and O–H groups in total. The number of nitrogens with one attached hydrogen (secondary N) is 2. The first-order chi connectivity index (χ1) is 9.08. The average molecular weight is 261 g/mol. The first kappa shape index (κ1) is 14.8. The highest BCUT2D eigenvalue weighted by molar-refractivity contribution is 5.77. The monoisotopic (exact) mass is 261 g/mol. The molecule has 1 rings (SSSR count). The van der Waals surface area contributed by atoms with Crippen molar-refractivity contribution in [1.29, 1.82) is 5.26 Å². The van der Waals surface area contributed by atoms with Crippen LogP contribution in [0, 0.1) is 11.3 Å². The van der Waals surface area contributed by atoms with Crippen LogP contribution < -0.4 is 16.4 Å². The van der Waals surface area contributed by atoms with E-state index in [0.717, 1.165) is 6.42 Å². The summed E-state index contributed by atoms with van der Waals surface area (Å²) in [6.45, 7) is 4.40. The summed E-state index contributed by atoms with van der Waals surface area (Å²) in [5.74, 6) is 0.423. The van der Waals surface area contributed by atoms with Crippen LogP contribution in [0.5, 0.6) is 0 Å². The van der Waals surface area contributed by atoms with Crippen molar-refractivity contribution in [3.05, 3.63) is 17.8 Å². The van der Waals surface area contributed by atoms with Gasteiger partial charge in [0.15, 0.2) is 5.82 Å². The Morgan fingerprint density at radius 1 is 1.63 bits per heavy atom. The summed E-state index contributed by atoms with van der Waals surface area (Å²) in [5.41, 5.74) is 6.45. The van der Waals surface area contributed by atoms with Gasteiger partial charge in [0.25, 0.3) is 0 Å². The first-order valence-electron chi connectivity index (χ1n) is 6.26. The molecular weight excluding hydrogens is 242 g/mol. The van der Waals surface area contributed by atoms with E-state index in [1.54, 1.807) is 6.07 Å². The molecule has 1 aromatic heterocycles. The minimum atomic E-state index is -0.0168. The summed E-state index contributed by atoms with van der Waals surface area (Å²) < 4.78 is 0. The van der Waals surface area contributed by atoms with Crippen LogP contribution in [0.1, 0.15) is 32.3 Å². The van der Waals surface area contributed by atoms with Gasteiger partial charge in [0.2, 0.25) is 5.91 Å².